The summed E-state index contributed by atoms with van der Waals surface area (Å²) < 4.78 is 0. The Labute approximate surface area is 144 Å². The molecular weight excluding hydrogens is 316 g/mol. The highest BCUT2D eigenvalue weighted by Gasteiger charge is 2.16. The van der Waals surface area contributed by atoms with Crippen molar-refractivity contribution in [2.24, 2.45) is 0 Å². The lowest BCUT2D eigenvalue weighted by Crippen LogP contribution is -1.99. The van der Waals surface area contributed by atoms with Crippen LogP contribution >= 0.6 is 0 Å². The molecule has 4 aromatic rings. The molecule has 25 heavy (non-hydrogen) atoms. The lowest BCUT2D eigenvalue weighted by Gasteiger charge is -2.14. The maximum Gasteiger partial charge on any atom is 0.169 e. The molecule has 4 rings (SSSR count). The van der Waals surface area contributed by atoms with Crippen LogP contribution in [0.3, 0.4) is 0 Å². The average molecular weight is 332 g/mol. The number of hydrogen-bond acceptors (Lipinski definition) is 4. The fourth-order valence-electron chi connectivity index (χ4n) is 3.34. The molecule has 4 nitrogen and oxygen atoms in total. The predicted octanol–water partition coefficient (Wildman–Crippen LogP) is 5.29. The van der Waals surface area contributed by atoms with E-state index in [1.54, 1.807) is 12.1 Å². The molecule has 0 bridgehead atoms. The van der Waals surface area contributed by atoms with E-state index >= 15 is 0 Å². The van der Waals surface area contributed by atoms with E-state index in [0.717, 1.165) is 32.7 Å². The minimum atomic E-state index is 0.385. The van der Waals surface area contributed by atoms with E-state index in [4.69, 9.17) is 0 Å². The van der Waals surface area contributed by atoms with Gasteiger partial charge in [0, 0.05) is 17.5 Å². The zero-order valence-electron chi connectivity index (χ0n) is 13.3. The zero-order valence-corrected chi connectivity index (χ0v) is 13.3. The Kier molecular flexibility index (Phi) is 3.98. The molecule has 2 N–H and O–H groups in total. The van der Waals surface area contributed by atoms with Crippen LogP contribution < -0.4 is 9.78 Å². The zero-order chi connectivity index (χ0) is 17.2. The first-order chi connectivity index (χ1) is 12.3. The second-order valence-corrected chi connectivity index (χ2v) is 5.89. The van der Waals surface area contributed by atoms with E-state index in [1.807, 2.05) is 60.7 Å². The topological polar surface area (TPSA) is 58.9 Å². The molecule has 124 valence electrons. The third kappa shape index (κ3) is 2.67. The maximum atomic E-state index is 9.32. The highest BCUT2D eigenvalue weighted by Crippen LogP contribution is 2.35. The first-order valence-corrected chi connectivity index (χ1v) is 7.96. The van der Waals surface area contributed by atoms with E-state index in [-0.39, 0.29) is 0 Å². The number of hydrogen-bond donors (Lipinski definition) is 2. The van der Waals surface area contributed by atoms with E-state index in [9.17, 15) is 10.5 Å². The summed E-state index contributed by atoms with van der Waals surface area (Å²) in [7, 11) is 0. The number of rotatable bonds is 4. The summed E-state index contributed by atoms with van der Waals surface area (Å²) in [4.78, 5) is 9.22. The van der Waals surface area contributed by atoms with Gasteiger partial charge in [-0.1, -0.05) is 60.7 Å². The summed E-state index contributed by atoms with van der Waals surface area (Å²) in [6.07, 6.45) is 0.439. The average Bonchev–Trinajstić information content (AvgIpc) is 2.68. The van der Waals surface area contributed by atoms with Gasteiger partial charge in [-0.2, -0.15) is 0 Å². The fourth-order valence-corrected chi connectivity index (χ4v) is 3.34. The predicted molar refractivity (Wildman–Crippen MR) is 97.2 cm³/mol. The Morgan fingerprint density at radius 1 is 0.560 bits per heavy atom. The molecule has 4 aromatic carbocycles. The van der Waals surface area contributed by atoms with Crippen molar-refractivity contribution in [1.82, 2.24) is 0 Å². The molecule has 0 aliphatic heterocycles. The van der Waals surface area contributed by atoms with Crippen molar-refractivity contribution >= 4 is 21.5 Å². The molecule has 4 heteroatoms. The molecule has 0 radical (unpaired) electrons. The summed E-state index contributed by atoms with van der Waals surface area (Å²) in [6.45, 7) is 0. The van der Waals surface area contributed by atoms with Gasteiger partial charge in [0.05, 0.1) is 0 Å². The van der Waals surface area contributed by atoms with E-state index < -0.39 is 0 Å². The van der Waals surface area contributed by atoms with Gasteiger partial charge in [0.2, 0.25) is 0 Å². The standard InChI is InChI=1S/C21H16O4/c22-24-20-11-9-14-5-1-3-7-16(14)18(20)13-19-17-8-4-2-6-15(17)10-12-21(19)25-23/h1-12,22-23H,13H2. The summed E-state index contributed by atoms with van der Waals surface area (Å²) in [5.41, 5.74) is 1.66. The van der Waals surface area contributed by atoms with Crippen LogP contribution in [0.2, 0.25) is 0 Å². The quantitative estimate of drug-likeness (QED) is 0.394. The van der Waals surface area contributed by atoms with E-state index in [2.05, 4.69) is 9.78 Å². The van der Waals surface area contributed by atoms with Gasteiger partial charge in [0.15, 0.2) is 11.5 Å². The van der Waals surface area contributed by atoms with Crippen molar-refractivity contribution < 1.29 is 20.3 Å². The molecule has 0 spiro atoms. The van der Waals surface area contributed by atoms with Gasteiger partial charge in [-0.05, 0) is 33.7 Å². The normalized spacial score (nSPS) is 11.0. The van der Waals surface area contributed by atoms with Crippen LogP contribution in [-0.2, 0) is 6.42 Å². The van der Waals surface area contributed by atoms with Crippen molar-refractivity contribution in [3.05, 3.63) is 83.9 Å². The molecule has 0 heterocycles. The van der Waals surface area contributed by atoms with Crippen LogP contribution in [0.15, 0.2) is 72.8 Å². The summed E-state index contributed by atoms with van der Waals surface area (Å²) >= 11 is 0. The summed E-state index contributed by atoms with van der Waals surface area (Å²) in [5, 5.41) is 22.7. The Balaban J connectivity index is 1.97. The van der Waals surface area contributed by atoms with Gasteiger partial charge in [-0.25, -0.2) is 10.5 Å². The van der Waals surface area contributed by atoms with E-state index in [1.165, 1.54) is 0 Å². The molecule has 0 unspecified atom stereocenters. The van der Waals surface area contributed by atoms with Crippen LogP contribution in [0.1, 0.15) is 11.1 Å². The molecule has 0 aliphatic carbocycles. The molecule has 0 aromatic heterocycles. The Morgan fingerprint density at radius 3 is 1.44 bits per heavy atom. The van der Waals surface area contributed by atoms with Gasteiger partial charge in [-0.15, -0.1) is 0 Å². The highest BCUT2D eigenvalue weighted by molar-refractivity contribution is 5.91. The second-order valence-electron chi connectivity index (χ2n) is 5.89. The SMILES string of the molecule is OOc1ccc2ccccc2c1Cc1c(OO)ccc2ccccc12. The largest absolute Gasteiger partial charge is 0.340 e. The van der Waals surface area contributed by atoms with Crippen molar-refractivity contribution in [2.75, 3.05) is 0 Å². The third-order valence-corrected chi connectivity index (χ3v) is 4.55. The minimum absolute atomic E-state index is 0.385. The van der Waals surface area contributed by atoms with Gasteiger partial charge >= 0.3 is 0 Å². The molecule has 0 aliphatic rings. The Morgan fingerprint density at radius 2 is 1.00 bits per heavy atom. The maximum absolute atomic E-state index is 9.32. The van der Waals surface area contributed by atoms with Gasteiger partial charge in [-0.3, -0.25) is 0 Å². The number of benzene rings is 4. The van der Waals surface area contributed by atoms with Crippen molar-refractivity contribution in [3.63, 3.8) is 0 Å². The Bertz CT molecular complexity index is 971. The lowest BCUT2D eigenvalue weighted by molar-refractivity contribution is -0.139. The first kappa shape index (κ1) is 15.4. The van der Waals surface area contributed by atoms with Crippen molar-refractivity contribution in [1.29, 1.82) is 0 Å². The van der Waals surface area contributed by atoms with Gasteiger partial charge < -0.3 is 9.78 Å². The molecule has 0 atom stereocenters. The van der Waals surface area contributed by atoms with E-state index in [0.29, 0.717) is 17.9 Å². The molecular formula is C21H16O4. The van der Waals surface area contributed by atoms with Crippen LogP contribution in [0, 0.1) is 0 Å². The van der Waals surface area contributed by atoms with Crippen molar-refractivity contribution in [3.8, 4) is 11.5 Å². The summed E-state index contributed by atoms with van der Waals surface area (Å²) in [5.74, 6) is 0.769. The van der Waals surface area contributed by atoms with Crippen LogP contribution in [0.5, 0.6) is 11.5 Å². The fraction of sp³-hybridized carbons (Fsp3) is 0.0476. The first-order valence-electron chi connectivity index (χ1n) is 7.96. The third-order valence-electron chi connectivity index (χ3n) is 4.55. The molecule has 0 saturated carbocycles. The molecule has 0 saturated heterocycles. The molecule has 0 fully saturated rings. The number of fused-ring (bicyclic) bond motifs is 2. The summed E-state index contributed by atoms with van der Waals surface area (Å²) in [6, 6.07) is 23.1. The lowest BCUT2D eigenvalue weighted by atomic mass is 9.93. The van der Waals surface area contributed by atoms with Crippen LogP contribution in [-0.4, -0.2) is 10.5 Å². The monoisotopic (exact) mass is 332 g/mol. The van der Waals surface area contributed by atoms with Crippen LogP contribution in [0.4, 0.5) is 0 Å². The van der Waals surface area contributed by atoms with Crippen molar-refractivity contribution in [2.45, 2.75) is 6.42 Å². The Hall–Kier alpha value is -3.08. The van der Waals surface area contributed by atoms with Crippen LogP contribution in [0.25, 0.3) is 21.5 Å². The van der Waals surface area contributed by atoms with Gasteiger partial charge in [0.25, 0.3) is 0 Å². The second kappa shape index (κ2) is 6.43. The molecule has 0 amide bonds. The smallest absolute Gasteiger partial charge is 0.169 e. The highest BCUT2D eigenvalue weighted by atomic mass is 17.1. The van der Waals surface area contributed by atoms with Gasteiger partial charge in [0.1, 0.15) is 0 Å². The minimum Gasteiger partial charge on any atom is -0.340 e.